The lowest BCUT2D eigenvalue weighted by Crippen LogP contribution is -2.34. The number of ether oxygens (including phenoxy) is 1. The van der Waals surface area contributed by atoms with Crippen LogP contribution in [0.25, 0.3) is 0 Å². The van der Waals surface area contributed by atoms with Gasteiger partial charge in [0.1, 0.15) is 10.6 Å². The maximum atomic E-state index is 13.6. The predicted octanol–water partition coefficient (Wildman–Crippen LogP) is 6.47. The lowest BCUT2D eigenvalue weighted by Gasteiger charge is -2.25. The Balaban J connectivity index is 1.90. The molecule has 3 amide bonds. The number of carbonyl (C=O) groups is 2. The maximum Gasteiger partial charge on any atom is 0.326 e. The molecule has 0 saturated carbocycles. The molecule has 0 saturated heterocycles. The van der Waals surface area contributed by atoms with Crippen molar-refractivity contribution in [2.45, 2.75) is 57.4 Å². The summed E-state index contributed by atoms with van der Waals surface area (Å²) >= 11 is -2.32. The van der Waals surface area contributed by atoms with Gasteiger partial charge in [0.25, 0.3) is 5.91 Å². The first-order valence-corrected chi connectivity index (χ1v) is 14.4. The highest BCUT2D eigenvalue weighted by Gasteiger charge is 2.20. The highest BCUT2D eigenvalue weighted by atomic mass is 32.2. The summed E-state index contributed by atoms with van der Waals surface area (Å²) in [5, 5.41) is 5.75. The molecule has 0 heterocycles. The van der Waals surface area contributed by atoms with Crippen LogP contribution in [-0.4, -0.2) is 33.3 Å². The summed E-state index contributed by atoms with van der Waals surface area (Å²) in [6.45, 7) is 8.89. The van der Waals surface area contributed by atoms with Crippen molar-refractivity contribution in [1.29, 1.82) is 5.53 Å². The van der Waals surface area contributed by atoms with E-state index in [2.05, 4.69) is 36.2 Å². The van der Waals surface area contributed by atoms with Gasteiger partial charge in [0.2, 0.25) is 5.96 Å². The SMILES string of the molecule is CCCCOc1ccc(NC(=O)N(Cc2ccc(C(=O)N=C(N)N=N)cc2)c2ccc(C(C)(C)C)cc2)cc1S(=O)O. The number of nitrogens with zero attached hydrogens (tertiary/aromatic N) is 3. The Bertz CT molecular complexity index is 1470. The van der Waals surface area contributed by atoms with E-state index in [0.717, 1.165) is 24.0 Å². The molecule has 3 rings (SSSR count). The van der Waals surface area contributed by atoms with Crippen LogP contribution in [-0.2, 0) is 23.0 Å². The number of carbonyl (C=O) groups excluding carboxylic acids is 2. The topological polar surface area (TPSA) is 171 Å². The van der Waals surface area contributed by atoms with Gasteiger partial charge in [-0.2, -0.15) is 4.99 Å². The second-order valence-corrected chi connectivity index (χ2v) is 11.4. The Morgan fingerprint density at radius 1 is 1.07 bits per heavy atom. The van der Waals surface area contributed by atoms with Gasteiger partial charge in [-0.3, -0.25) is 9.69 Å². The van der Waals surface area contributed by atoms with Gasteiger partial charge in [-0.05, 0) is 65.4 Å². The van der Waals surface area contributed by atoms with Gasteiger partial charge in [0.05, 0.1) is 13.2 Å². The summed E-state index contributed by atoms with van der Waals surface area (Å²) in [4.78, 5) is 31.0. The molecule has 12 heteroatoms. The number of anilines is 2. The van der Waals surface area contributed by atoms with Gasteiger partial charge in [-0.1, -0.05) is 58.4 Å². The molecule has 11 nitrogen and oxygen atoms in total. The third kappa shape index (κ3) is 8.79. The Kier molecular flexibility index (Phi) is 11.1. The number of hydrogen-bond donors (Lipinski definition) is 4. The van der Waals surface area contributed by atoms with Gasteiger partial charge >= 0.3 is 6.03 Å². The van der Waals surface area contributed by atoms with Crippen molar-refractivity contribution >= 4 is 40.4 Å². The molecule has 0 aliphatic heterocycles. The molecule has 0 spiro atoms. The summed E-state index contributed by atoms with van der Waals surface area (Å²) in [6.07, 6.45) is 1.72. The number of guanidine groups is 1. The molecule has 0 radical (unpaired) electrons. The van der Waals surface area contributed by atoms with Crippen LogP contribution in [0.3, 0.4) is 0 Å². The average molecular weight is 593 g/mol. The van der Waals surface area contributed by atoms with Crippen LogP contribution in [0.15, 0.2) is 81.7 Å². The van der Waals surface area contributed by atoms with Crippen LogP contribution in [0.4, 0.5) is 16.2 Å². The zero-order valence-electron chi connectivity index (χ0n) is 24.1. The quantitative estimate of drug-likeness (QED) is 0.0691. The second kappa shape index (κ2) is 14.5. The van der Waals surface area contributed by atoms with Crippen LogP contribution in [0, 0.1) is 5.53 Å². The Hall–Kier alpha value is -4.42. The van der Waals surface area contributed by atoms with Crippen molar-refractivity contribution in [3.05, 3.63) is 83.4 Å². The minimum Gasteiger partial charge on any atom is -0.492 e. The zero-order valence-corrected chi connectivity index (χ0v) is 24.9. The number of urea groups is 1. The maximum absolute atomic E-state index is 13.6. The van der Waals surface area contributed by atoms with Gasteiger partial charge < -0.3 is 20.3 Å². The highest BCUT2D eigenvalue weighted by Crippen LogP contribution is 2.29. The number of aliphatic imine (C=N–C) groups is 1. The van der Waals surface area contributed by atoms with Crippen LogP contribution in [0.5, 0.6) is 5.75 Å². The minimum absolute atomic E-state index is 0.0618. The zero-order chi connectivity index (χ0) is 30.9. The van der Waals surface area contributed by atoms with Gasteiger partial charge in [-0.15, -0.1) is 5.11 Å². The van der Waals surface area contributed by atoms with Gasteiger partial charge in [0, 0.05) is 16.9 Å². The number of amides is 3. The molecule has 3 aromatic rings. The first-order valence-electron chi connectivity index (χ1n) is 13.3. The molecule has 3 aromatic carbocycles. The van der Waals surface area contributed by atoms with Crippen LogP contribution < -0.4 is 20.7 Å². The fourth-order valence-corrected chi connectivity index (χ4v) is 4.44. The van der Waals surface area contributed by atoms with Crippen LogP contribution in [0.1, 0.15) is 62.0 Å². The largest absolute Gasteiger partial charge is 0.492 e. The number of nitrogens with one attached hydrogen (secondary N) is 2. The van der Waals surface area contributed by atoms with Crippen molar-refractivity contribution in [1.82, 2.24) is 0 Å². The number of hydrogen-bond acceptors (Lipinski definition) is 5. The smallest absolute Gasteiger partial charge is 0.326 e. The fraction of sp³-hybridized carbons (Fsp3) is 0.300. The highest BCUT2D eigenvalue weighted by molar-refractivity contribution is 7.79. The van der Waals surface area contributed by atoms with E-state index < -0.39 is 29.0 Å². The molecule has 1 unspecified atom stereocenters. The molecule has 0 aliphatic carbocycles. The van der Waals surface area contributed by atoms with E-state index in [4.69, 9.17) is 16.0 Å². The predicted molar refractivity (Wildman–Crippen MR) is 164 cm³/mol. The van der Waals surface area contributed by atoms with Crippen LogP contribution in [0.2, 0.25) is 0 Å². The standard InChI is InChI=1S/C30H36N6O5S/c1-5-6-17-41-25-16-13-23(18-26(25)42(39)40)33-29(38)36(24-14-11-22(12-15-24)30(2,3)4)19-20-7-9-21(10-8-20)27(37)34-28(31)35-32/h7-16,18,32H,5-6,17,19H2,1-4H3,(H,33,38)(H,39,40)(H2,31,34,37). The number of benzene rings is 3. The van der Waals surface area contributed by atoms with E-state index in [1.165, 1.54) is 11.0 Å². The number of rotatable bonds is 10. The Labute approximate surface area is 248 Å². The second-order valence-electron chi connectivity index (χ2n) is 10.5. The first kappa shape index (κ1) is 32.1. The van der Waals surface area contributed by atoms with E-state index >= 15 is 0 Å². The summed E-state index contributed by atoms with van der Waals surface area (Å²) in [7, 11) is 0. The molecular weight excluding hydrogens is 556 g/mol. The monoisotopic (exact) mass is 592 g/mol. The van der Waals surface area contributed by atoms with Crippen molar-refractivity contribution in [2.24, 2.45) is 15.8 Å². The Morgan fingerprint density at radius 3 is 2.31 bits per heavy atom. The van der Waals surface area contributed by atoms with Crippen molar-refractivity contribution in [3.63, 3.8) is 0 Å². The van der Waals surface area contributed by atoms with E-state index in [0.29, 0.717) is 18.0 Å². The third-order valence-electron chi connectivity index (χ3n) is 6.30. The summed E-state index contributed by atoms with van der Waals surface area (Å²) in [6, 6.07) is 18.3. The summed E-state index contributed by atoms with van der Waals surface area (Å²) < 4.78 is 27.5. The lowest BCUT2D eigenvalue weighted by atomic mass is 9.87. The lowest BCUT2D eigenvalue weighted by molar-refractivity contribution is 0.100. The Morgan fingerprint density at radius 2 is 1.74 bits per heavy atom. The molecule has 0 aliphatic rings. The molecule has 1 atom stereocenters. The molecular formula is C30H36N6O5S. The number of unbranched alkanes of at least 4 members (excludes halogenated alkanes) is 1. The summed E-state index contributed by atoms with van der Waals surface area (Å²) in [5.74, 6) is -0.796. The average Bonchev–Trinajstić information content (AvgIpc) is 2.96. The van der Waals surface area contributed by atoms with Gasteiger partial charge in [0.15, 0.2) is 11.1 Å². The molecule has 0 bridgehead atoms. The van der Waals surface area contributed by atoms with Crippen molar-refractivity contribution in [2.75, 3.05) is 16.8 Å². The van der Waals surface area contributed by atoms with Crippen molar-refractivity contribution in [3.8, 4) is 5.75 Å². The summed E-state index contributed by atoms with van der Waals surface area (Å²) in [5.41, 5.74) is 15.1. The van der Waals surface area contributed by atoms with Crippen LogP contribution >= 0.6 is 0 Å². The van der Waals surface area contributed by atoms with E-state index in [9.17, 15) is 18.4 Å². The normalized spacial score (nSPS) is 12.4. The number of nitrogens with two attached hydrogens (primary N) is 1. The molecule has 222 valence electrons. The van der Waals surface area contributed by atoms with E-state index in [1.54, 1.807) is 36.4 Å². The molecule has 42 heavy (non-hydrogen) atoms. The minimum atomic E-state index is -2.32. The van der Waals surface area contributed by atoms with Crippen molar-refractivity contribution < 1.29 is 23.1 Å². The third-order valence-corrected chi connectivity index (χ3v) is 7.00. The first-order chi connectivity index (χ1) is 19.9. The van der Waals surface area contributed by atoms with E-state index in [1.807, 2.05) is 31.2 Å². The molecule has 5 N–H and O–H groups in total. The van der Waals surface area contributed by atoms with Gasteiger partial charge in [-0.25, -0.2) is 14.5 Å². The fourth-order valence-electron chi connectivity index (χ4n) is 3.91. The molecule has 0 aromatic heterocycles. The van der Waals surface area contributed by atoms with E-state index in [-0.39, 0.29) is 28.2 Å². The molecule has 0 fully saturated rings.